The van der Waals surface area contributed by atoms with Gasteiger partial charge in [-0.3, -0.25) is 4.79 Å². The molecule has 1 saturated heterocycles. The fourth-order valence-electron chi connectivity index (χ4n) is 2.79. The molecule has 0 aromatic heterocycles. The van der Waals surface area contributed by atoms with E-state index < -0.39 is 0 Å². The molecule has 2 rings (SSSR count). The molecule has 2 aliphatic rings. The highest BCUT2D eigenvalue weighted by molar-refractivity contribution is 5.70. The lowest BCUT2D eigenvalue weighted by Gasteiger charge is -2.16. The molecule has 13 heavy (non-hydrogen) atoms. The smallest absolute Gasteiger partial charge is 0.307 e. The molecule has 1 aliphatic heterocycles. The summed E-state index contributed by atoms with van der Waals surface area (Å²) in [5, 5.41) is 3.42. The van der Waals surface area contributed by atoms with Crippen molar-refractivity contribution >= 4 is 5.97 Å². The fraction of sp³-hybridized carbons (Fsp3) is 0.900. The van der Waals surface area contributed by atoms with Crippen LogP contribution in [-0.2, 0) is 9.53 Å². The van der Waals surface area contributed by atoms with E-state index in [4.69, 9.17) is 0 Å². The van der Waals surface area contributed by atoms with Crippen LogP contribution in [0.2, 0.25) is 0 Å². The molecular formula is C10H17NO2. The van der Waals surface area contributed by atoms with Gasteiger partial charge >= 0.3 is 5.97 Å². The predicted octanol–water partition coefficient (Wildman–Crippen LogP) is 0.938. The third kappa shape index (κ3) is 1.70. The van der Waals surface area contributed by atoms with E-state index in [0.717, 1.165) is 18.4 Å². The van der Waals surface area contributed by atoms with Crippen molar-refractivity contribution in [2.24, 2.45) is 11.8 Å². The molecule has 1 aliphatic carbocycles. The number of ether oxygens (including phenoxy) is 1. The van der Waals surface area contributed by atoms with Crippen molar-refractivity contribution in [2.45, 2.75) is 31.7 Å². The highest BCUT2D eigenvalue weighted by Gasteiger charge is 2.39. The molecule has 0 bridgehead atoms. The number of hydrogen-bond acceptors (Lipinski definition) is 3. The molecule has 3 nitrogen and oxygen atoms in total. The maximum Gasteiger partial charge on any atom is 0.307 e. The number of carbonyl (C=O) groups is 1. The molecule has 3 heteroatoms. The molecule has 2 fully saturated rings. The van der Waals surface area contributed by atoms with Crippen molar-refractivity contribution in [3.05, 3.63) is 0 Å². The largest absolute Gasteiger partial charge is 0.469 e. The van der Waals surface area contributed by atoms with E-state index in [1.807, 2.05) is 0 Å². The summed E-state index contributed by atoms with van der Waals surface area (Å²) in [6.45, 7) is 1.10. The predicted molar refractivity (Wildman–Crippen MR) is 49.3 cm³/mol. The second kappa shape index (κ2) is 3.66. The topological polar surface area (TPSA) is 38.3 Å². The Labute approximate surface area is 78.8 Å². The summed E-state index contributed by atoms with van der Waals surface area (Å²) >= 11 is 0. The van der Waals surface area contributed by atoms with Crippen molar-refractivity contribution in [1.29, 1.82) is 0 Å². The Morgan fingerprint density at radius 3 is 3.15 bits per heavy atom. The lowest BCUT2D eigenvalue weighted by atomic mass is 9.92. The molecule has 0 aromatic carbocycles. The summed E-state index contributed by atoms with van der Waals surface area (Å²) in [4.78, 5) is 11.1. The molecule has 74 valence electrons. The van der Waals surface area contributed by atoms with Crippen molar-refractivity contribution < 1.29 is 9.53 Å². The normalized spacial score (nSPS) is 37.5. The van der Waals surface area contributed by atoms with Crippen LogP contribution < -0.4 is 5.32 Å². The second-order valence-electron chi connectivity index (χ2n) is 4.15. The van der Waals surface area contributed by atoms with E-state index in [1.54, 1.807) is 0 Å². The minimum absolute atomic E-state index is 0.0787. The van der Waals surface area contributed by atoms with Crippen LogP contribution in [0.1, 0.15) is 25.7 Å². The van der Waals surface area contributed by atoms with E-state index in [2.05, 4.69) is 10.1 Å². The number of fused-ring (bicyclic) bond motifs is 1. The number of hydrogen-bond donors (Lipinski definition) is 1. The summed E-state index contributed by atoms with van der Waals surface area (Å²) < 4.78 is 4.68. The Balaban J connectivity index is 1.90. The van der Waals surface area contributed by atoms with Gasteiger partial charge in [0.1, 0.15) is 0 Å². The number of rotatable bonds is 2. The van der Waals surface area contributed by atoms with Crippen molar-refractivity contribution in [1.82, 2.24) is 5.32 Å². The number of esters is 1. The summed E-state index contributed by atoms with van der Waals surface area (Å²) in [7, 11) is 1.46. The first-order valence-electron chi connectivity index (χ1n) is 5.11. The summed E-state index contributed by atoms with van der Waals surface area (Å²) in [6.07, 6.45) is 4.53. The van der Waals surface area contributed by atoms with Crippen LogP contribution >= 0.6 is 0 Å². The highest BCUT2D eigenvalue weighted by Crippen LogP contribution is 2.38. The molecule has 1 saturated carbocycles. The van der Waals surface area contributed by atoms with E-state index in [-0.39, 0.29) is 5.97 Å². The minimum atomic E-state index is -0.0787. The van der Waals surface area contributed by atoms with Gasteiger partial charge in [0, 0.05) is 6.04 Å². The van der Waals surface area contributed by atoms with Gasteiger partial charge in [0.25, 0.3) is 0 Å². The van der Waals surface area contributed by atoms with Crippen molar-refractivity contribution in [3.63, 3.8) is 0 Å². The van der Waals surface area contributed by atoms with Gasteiger partial charge in [-0.25, -0.2) is 0 Å². The molecule has 1 N–H and O–H groups in total. The molecule has 0 amide bonds. The van der Waals surface area contributed by atoms with Crippen LogP contribution in [0.5, 0.6) is 0 Å². The zero-order valence-electron chi connectivity index (χ0n) is 8.08. The van der Waals surface area contributed by atoms with Crippen molar-refractivity contribution in [3.8, 4) is 0 Å². The first-order valence-corrected chi connectivity index (χ1v) is 5.11. The molecular weight excluding hydrogens is 166 g/mol. The van der Waals surface area contributed by atoms with Gasteiger partial charge in [0.15, 0.2) is 0 Å². The third-order valence-corrected chi connectivity index (χ3v) is 3.49. The van der Waals surface area contributed by atoms with Crippen LogP contribution in [0.4, 0.5) is 0 Å². The number of methoxy groups -OCH3 is 1. The monoisotopic (exact) mass is 183 g/mol. The SMILES string of the molecule is COC(=O)C[C@@H]1NC[C@@H]2CCC[C@@H]21. The highest BCUT2D eigenvalue weighted by atomic mass is 16.5. The van der Waals surface area contributed by atoms with Crippen LogP contribution in [0.25, 0.3) is 0 Å². The average Bonchev–Trinajstić information content (AvgIpc) is 2.69. The Kier molecular flexibility index (Phi) is 2.54. The maximum absolute atomic E-state index is 11.1. The zero-order valence-corrected chi connectivity index (χ0v) is 8.08. The molecule has 0 unspecified atom stereocenters. The van der Waals surface area contributed by atoms with Crippen molar-refractivity contribution in [2.75, 3.05) is 13.7 Å². The van der Waals surface area contributed by atoms with Gasteiger partial charge in [-0.2, -0.15) is 0 Å². The Hall–Kier alpha value is -0.570. The van der Waals surface area contributed by atoms with Gasteiger partial charge in [-0.05, 0) is 31.2 Å². The van der Waals surface area contributed by atoms with E-state index >= 15 is 0 Å². The van der Waals surface area contributed by atoms with Gasteiger partial charge in [-0.1, -0.05) is 6.42 Å². The third-order valence-electron chi connectivity index (χ3n) is 3.49. The molecule has 0 radical (unpaired) electrons. The minimum Gasteiger partial charge on any atom is -0.469 e. The molecule has 1 heterocycles. The number of nitrogens with one attached hydrogen (secondary N) is 1. The Morgan fingerprint density at radius 1 is 1.54 bits per heavy atom. The molecule has 0 spiro atoms. The second-order valence-corrected chi connectivity index (χ2v) is 4.15. The lowest BCUT2D eigenvalue weighted by Crippen LogP contribution is -2.29. The Morgan fingerprint density at radius 2 is 2.38 bits per heavy atom. The van der Waals surface area contributed by atoms with E-state index in [9.17, 15) is 4.79 Å². The number of carbonyl (C=O) groups excluding carboxylic acids is 1. The fourth-order valence-corrected chi connectivity index (χ4v) is 2.79. The molecule has 0 aromatic rings. The first-order chi connectivity index (χ1) is 6.31. The standard InChI is InChI=1S/C10H17NO2/c1-13-10(12)5-9-8-4-2-3-7(8)6-11-9/h7-9,11H,2-6H2,1H3/t7-,8-,9-/m0/s1. The summed E-state index contributed by atoms with van der Waals surface area (Å²) in [5.41, 5.74) is 0. The van der Waals surface area contributed by atoms with Gasteiger partial charge in [0.05, 0.1) is 13.5 Å². The Bertz CT molecular complexity index is 205. The first kappa shape index (κ1) is 9.00. The van der Waals surface area contributed by atoms with Crippen LogP contribution in [0, 0.1) is 11.8 Å². The van der Waals surface area contributed by atoms with Crippen LogP contribution in [0.15, 0.2) is 0 Å². The zero-order chi connectivity index (χ0) is 9.26. The van der Waals surface area contributed by atoms with E-state index in [0.29, 0.717) is 12.5 Å². The van der Waals surface area contributed by atoms with Crippen LogP contribution in [-0.4, -0.2) is 25.7 Å². The average molecular weight is 183 g/mol. The lowest BCUT2D eigenvalue weighted by molar-refractivity contribution is -0.141. The summed E-state index contributed by atoms with van der Waals surface area (Å²) in [6, 6.07) is 0.389. The van der Waals surface area contributed by atoms with Gasteiger partial charge in [0.2, 0.25) is 0 Å². The summed E-state index contributed by atoms with van der Waals surface area (Å²) in [5.74, 6) is 1.49. The van der Waals surface area contributed by atoms with Gasteiger partial charge in [-0.15, -0.1) is 0 Å². The quantitative estimate of drug-likeness (QED) is 0.647. The maximum atomic E-state index is 11.1. The van der Waals surface area contributed by atoms with E-state index in [1.165, 1.54) is 26.4 Å². The van der Waals surface area contributed by atoms with Crippen LogP contribution in [0.3, 0.4) is 0 Å². The molecule has 3 atom stereocenters. The van der Waals surface area contributed by atoms with Gasteiger partial charge < -0.3 is 10.1 Å².